The molecule has 0 heterocycles. The van der Waals surface area contributed by atoms with E-state index in [-0.39, 0.29) is 6.61 Å². The van der Waals surface area contributed by atoms with Gasteiger partial charge in [-0.2, -0.15) is 11.8 Å². The Morgan fingerprint density at radius 2 is 2.32 bits per heavy atom. The predicted octanol–water partition coefficient (Wildman–Crippen LogP) is 2.56. The van der Waals surface area contributed by atoms with E-state index in [0.717, 1.165) is 6.54 Å². The van der Waals surface area contributed by atoms with Crippen molar-refractivity contribution in [3.05, 3.63) is 29.3 Å². The molecule has 1 fully saturated rings. The Morgan fingerprint density at radius 1 is 1.53 bits per heavy atom. The first-order valence-corrected chi connectivity index (χ1v) is 8.06. The van der Waals surface area contributed by atoms with Crippen molar-refractivity contribution in [1.29, 1.82) is 0 Å². The summed E-state index contributed by atoms with van der Waals surface area (Å²) in [6.45, 7) is 1.80. The van der Waals surface area contributed by atoms with Crippen molar-refractivity contribution in [3.8, 4) is 5.75 Å². The number of benzene rings is 1. The molecule has 106 valence electrons. The van der Waals surface area contributed by atoms with Crippen LogP contribution in [0.25, 0.3) is 0 Å². The Balaban J connectivity index is 1.63. The van der Waals surface area contributed by atoms with Crippen molar-refractivity contribution in [2.24, 2.45) is 0 Å². The second-order valence-electron chi connectivity index (χ2n) is 4.94. The average Bonchev–Trinajstić information content (AvgIpc) is 3.17. The topological polar surface area (TPSA) is 41.5 Å². The van der Waals surface area contributed by atoms with Crippen molar-refractivity contribution < 1.29 is 9.84 Å². The quantitative estimate of drug-likeness (QED) is 0.774. The molecule has 1 unspecified atom stereocenters. The van der Waals surface area contributed by atoms with Gasteiger partial charge in [-0.15, -0.1) is 0 Å². The molecular weight excluding hydrogens is 282 g/mol. The molecule has 1 aliphatic carbocycles. The van der Waals surface area contributed by atoms with Crippen molar-refractivity contribution in [3.63, 3.8) is 0 Å². The molecule has 1 atom stereocenters. The van der Waals surface area contributed by atoms with E-state index in [1.165, 1.54) is 12.8 Å². The molecule has 0 aliphatic heterocycles. The van der Waals surface area contributed by atoms with Crippen LogP contribution >= 0.6 is 23.4 Å². The van der Waals surface area contributed by atoms with Gasteiger partial charge in [0.2, 0.25) is 0 Å². The van der Waals surface area contributed by atoms with Crippen LogP contribution in [0.1, 0.15) is 12.8 Å². The van der Waals surface area contributed by atoms with Gasteiger partial charge >= 0.3 is 0 Å². The molecule has 5 heteroatoms. The van der Waals surface area contributed by atoms with Crippen LogP contribution < -0.4 is 10.1 Å². The number of thioether (sulfide) groups is 1. The van der Waals surface area contributed by atoms with E-state index in [0.29, 0.717) is 22.1 Å². The maximum atomic E-state index is 9.84. The molecule has 0 spiro atoms. The molecule has 3 nitrogen and oxygen atoms in total. The molecule has 2 rings (SSSR count). The van der Waals surface area contributed by atoms with E-state index in [1.807, 2.05) is 23.9 Å². The number of aliphatic hydroxyl groups excluding tert-OH is 1. The highest BCUT2D eigenvalue weighted by atomic mass is 35.5. The minimum atomic E-state index is -0.503. The van der Waals surface area contributed by atoms with Gasteiger partial charge in [0.1, 0.15) is 18.5 Å². The first-order valence-electron chi connectivity index (χ1n) is 6.46. The van der Waals surface area contributed by atoms with Gasteiger partial charge in [0.15, 0.2) is 0 Å². The largest absolute Gasteiger partial charge is 0.491 e. The maximum Gasteiger partial charge on any atom is 0.120 e. The Kier molecular flexibility index (Phi) is 5.39. The molecule has 19 heavy (non-hydrogen) atoms. The third-order valence-corrected chi connectivity index (χ3v) is 4.96. The van der Waals surface area contributed by atoms with E-state index in [4.69, 9.17) is 16.3 Å². The molecule has 2 N–H and O–H groups in total. The molecule has 0 radical (unpaired) electrons. The lowest BCUT2D eigenvalue weighted by molar-refractivity contribution is 0.106. The summed E-state index contributed by atoms with van der Waals surface area (Å²) in [6, 6.07) is 7.20. The zero-order chi connectivity index (χ0) is 13.7. The third kappa shape index (κ3) is 4.88. The highest BCUT2D eigenvalue weighted by Gasteiger charge is 2.41. The SMILES string of the molecule is CSC1(CNCC(O)COc2cccc(Cl)c2)CC1. The van der Waals surface area contributed by atoms with Crippen LogP contribution in [0, 0.1) is 0 Å². The molecule has 0 saturated heterocycles. The van der Waals surface area contributed by atoms with Gasteiger partial charge in [-0.1, -0.05) is 17.7 Å². The van der Waals surface area contributed by atoms with Crippen LogP contribution in [-0.4, -0.2) is 41.9 Å². The standard InChI is InChI=1S/C14H20ClNO2S/c1-19-14(5-6-14)10-16-8-12(17)9-18-13-4-2-3-11(15)7-13/h2-4,7,12,16-17H,5-6,8-10H2,1H3. The van der Waals surface area contributed by atoms with Crippen molar-refractivity contribution >= 4 is 23.4 Å². The lowest BCUT2D eigenvalue weighted by Gasteiger charge is -2.16. The van der Waals surface area contributed by atoms with Gasteiger partial charge in [-0.05, 0) is 37.3 Å². The van der Waals surface area contributed by atoms with Crippen LogP contribution in [0.3, 0.4) is 0 Å². The summed E-state index contributed by atoms with van der Waals surface area (Å²) in [5.41, 5.74) is 0. The maximum absolute atomic E-state index is 9.84. The minimum Gasteiger partial charge on any atom is -0.491 e. The van der Waals surface area contributed by atoms with E-state index in [9.17, 15) is 5.11 Å². The van der Waals surface area contributed by atoms with Crippen LogP contribution in [-0.2, 0) is 0 Å². The molecule has 1 aliphatic rings. The molecule has 0 amide bonds. The lowest BCUT2D eigenvalue weighted by Crippen LogP contribution is -2.35. The van der Waals surface area contributed by atoms with Crippen LogP contribution in [0.4, 0.5) is 0 Å². The monoisotopic (exact) mass is 301 g/mol. The Labute approximate surface area is 123 Å². The summed E-state index contributed by atoms with van der Waals surface area (Å²) in [5, 5.41) is 13.8. The summed E-state index contributed by atoms with van der Waals surface area (Å²) in [4.78, 5) is 0. The van der Waals surface area contributed by atoms with Gasteiger partial charge in [-0.25, -0.2) is 0 Å². The molecule has 1 aromatic carbocycles. The number of ether oxygens (including phenoxy) is 1. The second-order valence-corrected chi connectivity index (χ2v) is 6.65. The smallest absolute Gasteiger partial charge is 0.120 e. The van der Waals surface area contributed by atoms with Crippen molar-refractivity contribution in [2.75, 3.05) is 26.0 Å². The summed E-state index contributed by atoms with van der Waals surface area (Å²) < 4.78 is 5.92. The van der Waals surface area contributed by atoms with E-state index in [1.54, 1.807) is 12.1 Å². The normalized spacial score (nSPS) is 18.1. The van der Waals surface area contributed by atoms with E-state index in [2.05, 4.69) is 11.6 Å². The fourth-order valence-corrected chi connectivity index (χ4v) is 2.80. The number of hydrogen-bond acceptors (Lipinski definition) is 4. The van der Waals surface area contributed by atoms with Crippen LogP contribution in [0.5, 0.6) is 5.75 Å². The summed E-state index contributed by atoms with van der Waals surface area (Å²) in [5.74, 6) is 0.689. The summed E-state index contributed by atoms with van der Waals surface area (Å²) >= 11 is 7.77. The number of aliphatic hydroxyl groups is 1. The lowest BCUT2D eigenvalue weighted by atomic mass is 10.3. The minimum absolute atomic E-state index is 0.277. The molecule has 0 aromatic heterocycles. The molecule has 0 bridgehead atoms. The van der Waals surface area contributed by atoms with Crippen molar-refractivity contribution in [2.45, 2.75) is 23.7 Å². The highest BCUT2D eigenvalue weighted by molar-refractivity contribution is 8.00. The molecule has 1 aromatic rings. The van der Waals surface area contributed by atoms with Crippen LogP contribution in [0.2, 0.25) is 5.02 Å². The third-order valence-electron chi connectivity index (χ3n) is 3.31. The van der Waals surface area contributed by atoms with Gasteiger partial charge in [0.25, 0.3) is 0 Å². The number of halogens is 1. The first kappa shape index (κ1) is 15.0. The average molecular weight is 302 g/mol. The van der Waals surface area contributed by atoms with Crippen molar-refractivity contribution in [1.82, 2.24) is 5.32 Å². The second kappa shape index (κ2) is 6.84. The fraction of sp³-hybridized carbons (Fsp3) is 0.571. The Morgan fingerprint density at radius 3 is 2.95 bits per heavy atom. The molecular formula is C14H20ClNO2S. The molecule has 1 saturated carbocycles. The Hall–Kier alpha value is -0.420. The Bertz CT molecular complexity index is 412. The van der Waals surface area contributed by atoms with Gasteiger partial charge in [0, 0.05) is 22.9 Å². The summed E-state index contributed by atoms with van der Waals surface area (Å²) in [6.07, 6.45) is 4.19. The number of hydrogen-bond donors (Lipinski definition) is 2. The highest BCUT2D eigenvalue weighted by Crippen LogP contribution is 2.46. The van der Waals surface area contributed by atoms with Gasteiger partial charge in [0.05, 0.1) is 0 Å². The predicted molar refractivity (Wildman–Crippen MR) is 81.3 cm³/mol. The zero-order valence-corrected chi connectivity index (χ0v) is 12.6. The van der Waals surface area contributed by atoms with E-state index >= 15 is 0 Å². The summed E-state index contributed by atoms with van der Waals surface area (Å²) in [7, 11) is 0. The van der Waals surface area contributed by atoms with E-state index < -0.39 is 6.10 Å². The number of nitrogens with one attached hydrogen (secondary N) is 1. The van der Waals surface area contributed by atoms with Crippen LogP contribution in [0.15, 0.2) is 24.3 Å². The van der Waals surface area contributed by atoms with Gasteiger partial charge in [-0.3, -0.25) is 0 Å². The zero-order valence-electron chi connectivity index (χ0n) is 11.1. The number of rotatable bonds is 8. The first-order chi connectivity index (χ1) is 9.13. The fourth-order valence-electron chi connectivity index (χ4n) is 1.87. The van der Waals surface area contributed by atoms with Gasteiger partial charge < -0.3 is 15.2 Å².